The van der Waals surface area contributed by atoms with Crippen LogP contribution in [0.4, 0.5) is 10.1 Å². The molecule has 3 aliphatic rings. The van der Waals surface area contributed by atoms with Crippen LogP contribution < -0.4 is 31.0 Å². The Morgan fingerprint density at radius 3 is 1.88 bits per heavy atom. The van der Waals surface area contributed by atoms with Crippen LogP contribution in [0.2, 0.25) is 0 Å². The molecule has 0 aliphatic carbocycles. The Morgan fingerprint density at radius 2 is 1.38 bits per heavy atom. The van der Waals surface area contributed by atoms with Gasteiger partial charge in [0, 0.05) is 122 Å². The van der Waals surface area contributed by atoms with Gasteiger partial charge in [-0.3, -0.25) is 34.0 Å². The summed E-state index contributed by atoms with van der Waals surface area (Å²) in [7, 11) is 1.99. The first-order valence-electron chi connectivity index (χ1n) is 19.1. The number of aliphatic carboxylic acids is 4. The number of halogens is 1. The van der Waals surface area contributed by atoms with Gasteiger partial charge in [0.05, 0.1) is 35.7 Å². The normalized spacial score (nSPS) is 20.1. The zero-order valence-electron chi connectivity index (χ0n) is 32.9. The molecule has 5 rings (SSSR count). The van der Waals surface area contributed by atoms with E-state index in [2.05, 4.69) is 10.2 Å². The second-order valence-corrected chi connectivity index (χ2v) is 14.8. The Kier molecular flexibility index (Phi) is 17.1. The van der Waals surface area contributed by atoms with Crippen molar-refractivity contribution < 1.29 is 53.5 Å². The second kappa shape index (κ2) is 21.2. The van der Waals surface area contributed by atoms with Gasteiger partial charge in [-0.2, -0.15) is 0 Å². The molecule has 1 amide bonds. The number of rotatable bonds is 14. The number of carboxylic acid groups (broad SMARTS) is 4. The molecule has 19 nitrogen and oxygen atoms in total. The maximum Gasteiger partial charge on any atom is 3.00 e. The van der Waals surface area contributed by atoms with Gasteiger partial charge in [-0.15, -0.1) is 0 Å². The van der Waals surface area contributed by atoms with Crippen LogP contribution >= 0.6 is 0 Å². The molecule has 58 heavy (non-hydrogen) atoms. The maximum atomic E-state index is 15.8. The van der Waals surface area contributed by atoms with Gasteiger partial charge in [0.2, 0.25) is 5.43 Å². The standard InChI is InChI=1S/C37H53FN8O11.Ga/c1-24-46-19-26(35(53)25-18-28(38)34(27(23-57-24)33(25)46)45-14-6-40(2)7-15-45)36(54)39-5-3-4-29(37(55)56)44-16-12-42(21-31(49)50)10-8-41(20-30(47)48)9-11-43(13-17-44)22-32(51)52;/h18-19,24,29H,3-17,20-23H2,1-2H3,(H,39,54)(H,47,48)(H,49,50)(H,51,52)(H,55,56);/q;+3/p-3. The first-order valence-corrected chi connectivity index (χ1v) is 19.1. The number of ether oxygens (including phenoxy) is 1. The Bertz CT molecular complexity index is 1850. The number of aromatic nitrogens is 1. The van der Waals surface area contributed by atoms with E-state index in [9.17, 15) is 49.2 Å². The molecule has 2 N–H and O–H groups in total. The number of piperazine rings is 1. The van der Waals surface area contributed by atoms with E-state index >= 15 is 4.39 Å². The van der Waals surface area contributed by atoms with Gasteiger partial charge >= 0.3 is 25.8 Å². The molecule has 0 bridgehead atoms. The van der Waals surface area contributed by atoms with Crippen LogP contribution in [0.3, 0.4) is 0 Å². The molecule has 2 fully saturated rings. The summed E-state index contributed by atoms with van der Waals surface area (Å²) in [5.41, 5.74) is 0.560. The summed E-state index contributed by atoms with van der Waals surface area (Å²) in [6.07, 6.45) is 1.02. The van der Waals surface area contributed by atoms with Crippen LogP contribution in [0.15, 0.2) is 17.1 Å². The molecule has 4 heterocycles. The van der Waals surface area contributed by atoms with Crippen molar-refractivity contribution in [2.24, 2.45) is 0 Å². The molecule has 0 saturated carbocycles. The number of benzene rings is 1. The third-order valence-corrected chi connectivity index (χ3v) is 10.9. The zero-order chi connectivity index (χ0) is 41.4. The van der Waals surface area contributed by atoms with E-state index < -0.39 is 72.9 Å². The number of pyridine rings is 1. The van der Waals surface area contributed by atoms with Gasteiger partial charge in [-0.25, -0.2) is 4.39 Å². The predicted octanol–water partition coefficient (Wildman–Crippen LogP) is -5.01. The number of hydrogen-bond donors (Lipinski definition) is 2. The minimum absolute atomic E-state index is 0. The van der Waals surface area contributed by atoms with E-state index in [1.54, 1.807) is 16.4 Å². The molecule has 3 aliphatic heterocycles. The smallest absolute Gasteiger partial charge is 0.549 e. The largest absolute Gasteiger partial charge is 3.00 e. The molecule has 2 atom stereocenters. The SMILES string of the molecule is CC1OCc2c(N3CCN(C)CC3)c(F)cc3c(=O)c(C(=O)NCCCC(C(=O)O)N4CCN(CC(=O)[O-])CCN(CC(=O)[O-])CCN(CC(=O)[O-])CC4)cn1c23.[Ga+3]. The Balaban J connectivity index is 0.00000744. The van der Waals surface area contributed by atoms with Crippen molar-refractivity contribution in [2.75, 3.05) is 117 Å². The van der Waals surface area contributed by atoms with E-state index in [4.69, 9.17) is 4.74 Å². The summed E-state index contributed by atoms with van der Waals surface area (Å²) in [6.45, 7) is 3.79. The average molecular weight is 872 g/mol. The minimum atomic E-state index is -1.37. The molecule has 2 saturated heterocycles. The summed E-state index contributed by atoms with van der Waals surface area (Å²) < 4.78 is 23.4. The fourth-order valence-corrected chi connectivity index (χ4v) is 7.74. The first kappa shape index (κ1) is 46.6. The Labute approximate surface area is 347 Å². The fraction of sp³-hybridized carbons (Fsp3) is 0.622. The number of hydrogen-bond acceptors (Lipinski definition) is 16. The number of carboxylic acids is 4. The van der Waals surface area contributed by atoms with Crippen LogP contribution in [0.1, 0.15) is 41.9 Å². The van der Waals surface area contributed by atoms with Gasteiger partial charge in [0.15, 0.2) is 0 Å². The van der Waals surface area contributed by atoms with Crippen molar-refractivity contribution >= 4 is 66.2 Å². The predicted molar refractivity (Wildman–Crippen MR) is 202 cm³/mol. The first-order chi connectivity index (χ1) is 27.1. The van der Waals surface area contributed by atoms with Crippen LogP contribution in [0, 0.1) is 5.82 Å². The summed E-state index contributed by atoms with van der Waals surface area (Å²) in [6, 6.07) is 0.0550. The molecular formula is C37H50FGaN8O11. The van der Waals surface area contributed by atoms with Gasteiger partial charge in [0.1, 0.15) is 23.7 Å². The van der Waals surface area contributed by atoms with E-state index in [0.717, 1.165) is 13.1 Å². The quantitative estimate of drug-likeness (QED) is 0.134. The van der Waals surface area contributed by atoms with Gasteiger partial charge in [-0.1, -0.05) is 0 Å². The van der Waals surface area contributed by atoms with Crippen LogP contribution in [-0.4, -0.2) is 202 Å². The zero-order valence-corrected chi connectivity index (χ0v) is 35.3. The number of nitrogens with zero attached hydrogens (tertiary/aromatic N) is 7. The monoisotopic (exact) mass is 870 g/mol. The molecule has 2 aromatic rings. The Hall–Kier alpha value is -4.09. The van der Waals surface area contributed by atoms with E-state index in [0.29, 0.717) is 29.9 Å². The van der Waals surface area contributed by atoms with E-state index in [1.807, 2.05) is 11.9 Å². The molecule has 0 spiro atoms. The summed E-state index contributed by atoms with van der Waals surface area (Å²) in [5, 5.41) is 47.4. The van der Waals surface area contributed by atoms with Crippen molar-refractivity contribution in [2.45, 2.75) is 38.6 Å². The van der Waals surface area contributed by atoms with E-state index in [1.165, 1.54) is 27.0 Å². The molecule has 1 aromatic carbocycles. The van der Waals surface area contributed by atoms with Gasteiger partial charge < -0.3 is 59.2 Å². The van der Waals surface area contributed by atoms with Gasteiger partial charge in [0.25, 0.3) is 5.91 Å². The van der Waals surface area contributed by atoms with Crippen molar-refractivity contribution in [1.29, 1.82) is 0 Å². The number of anilines is 1. The molecular weight excluding hydrogens is 821 g/mol. The van der Waals surface area contributed by atoms with Crippen molar-refractivity contribution in [3.8, 4) is 0 Å². The summed E-state index contributed by atoms with van der Waals surface area (Å²) in [4.78, 5) is 84.5. The molecule has 21 heteroatoms. The summed E-state index contributed by atoms with van der Waals surface area (Å²) >= 11 is 0. The fourth-order valence-electron chi connectivity index (χ4n) is 7.74. The molecule has 2 unspecified atom stereocenters. The number of likely N-dealkylation sites (N-methyl/N-ethyl adjacent to an activating group) is 1. The molecule has 0 radical (unpaired) electrons. The third-order valence-electron chi connectivity index (χ3n) is 10.9. The molecule has 314 valence electrons. The number of nitrogens with one attached hydrogen (secondary N) is 1. The van der Waals surface area contributed by atoms with Crippen molar-refractivity contribution in [3.05, 3.63) is 39.4 Å². The number of carbonyl (C=O) groups is 5. The number of amides is 1. The maximum absolute atomic E-state index is 15.8. The van der Waals surface area contributed by atoms with Crippen LogP contribution in [0.5, 0.6) is 0 Å². The van der Waals surface area contributed by atoms with Crippen molar-refractivity contribution in [1.82, 2.24) is 34.4 Å². The van der Waals surface area contributed by atoms with E-state index in [-0.39, 0.29) is 109 Å². The van der Waals surface area contributed by atoms with Crippen molar-refractivity contribution in [3.63, 3.8) is 0 Å². The third kappa shape index (κ3) is 12.0. The van der Waals surface area contributed by atoms with Crippen LogP contribution in [0.25, 0.3) is 10.9 Å². The topological polar surface area (TPSA) is 237 Å². The van der Waals surface area contributed by atoms with Gasteiger partial charge in [-0.05, 0) is 32.9 Å². The molecule has 1 aromatic heterocycles. The Morgan fingerprint density at radius 1 is 0.862 bits per heavy atom. The second-order valence-electron chi connectivity index (χ2n) is 14.8. The minimum Gasteiger partial charge on any atom is -0.549 e. The van der Waals surface area contributed by atoms with Crippen LogP contribution in [-0.2, 0) is 30.5 Å². The average Bonchev–Trinajstić information content (AvgIpc) is 3.14. The number of carbonyl (C=O) groups excluding carboxylic acids is 4. The summed E-state index contributed by atoms with van der Waals surface area (Å²) in [5.74, 6) is -6.59.